The molecule has 2 rings (SSSR count). The lowest BCUT2D eigenvalue weighted by molar-refractivity contribution is -0.384. The average Bonchev–Trinajstić information content (AvgIpc) is 2.68. The molecule has 1 aromatic rings. The van der Waals surface area contributed by atoms with Crippen LogP contribution in [0.2, 0.25) is 5.02 Å². The number of halogens is 1. The van der Waals surface area contributed by atoms with Crippen LogP contribution in [0.5, 0.6) is 0 Å². The van der Waals surface area contributed by atoms with E-state index >= 15 is 0 Å². The molecule has 0 bridgehead atoms. The van der Waals surface area contributed by atoms with Crippen molar-refractivity contribution in [2.24, 2.45) is 5.92 Å². The normalized spacial score (nSPS) is 23.4. The molecule has 1 aliphatic rings. The maximum atomic E-state index is 12.8. The van der Waals surface area contributed by atoms with Crippen LogP contribution in [0.4, 0.5) is 5.69 Å². The van der Waals surface area contributed by atoms with Crippen molar-refractivity contribution in [2.45, 2.75) is 38.1 Å². The van der Waals surface area contributed by atoms with E-state index in [9.17, 15) is 18.5 Å². The molecule has 2 unspecified atom stereocenters. The van der Waals surface area contributed by atoms with Gasteiger partial charge in [-0.15, -0.1) is 0 Å². The summed E-state index contributed by atoms with van der Waals surface area (Å²) >= 11 is 5.81. The highest BCUT2D eigenvalue weighted by atomic mass is 35.5. The number of sulfonamides is 1. The molecule has 0 amide bonds. The number of hydrogen-bond donors (Lipinski definition) is 0. The van der Waals surface area contributed by atoms with Gasteiger partial charge in [0.2, 0.25) is 10.0 Å². The molecule has 1 aromatic carbocycles. The Morgan fingerprint density at radius 2 is 2.00 bits per heavy atom. The second kappa shape index (κ2) is 5.55. The van der Waals surface area contributed by atoms with Crippen molar-refractivity contribution in [2.75, 3.05) is 6.54 Å². The monoisotopic (exact) mass is 332 g/mol. The van der Waals surface area contributed by atoms with Gasteiger partial charge in [-0.25, -0.2) is 8.42 Å². The fourth-order valence-electron chi connectivity index (χ4n) is 2.78. The largest absolute Gasteiger partial charge is 0.289 e. The highest BCUT2D eigenvalue weighted by Crippen LogP contribution is 2.34. The van der Waals surface area contributed by atoms with Gasteiger partial charge in [0.05, 0.1) is 9.82 Å². The van der Waals surface area contributed by atoms with E-state index in [-0.39, 0.29) is 27.6 Å². The first-order valence-electron chi connectivity index (χ1n) is 6.61. The molecule has 1 heterocycles. The first-order chi connectivity index (χ1) is 9.64. The maximum Gasteiger partial charge on any atom is 0.289 e. The molecule has 8 heteroatoms. The van der Waals surface area contributed by atoms with Gasteiger partial charge in [-0.1, -0.05) is 18.5 Å². The average molecular weight is 333 g/mol. The van der Waals surface area contributed by atoms with E-state index in [0.717, 1.165) is 12.5 Å². The lowest BCUT2D eigenvalue weighted by atomic mass is 10.1. The highest BCUT2D eigenvalue weighted by molar-refractivity contribution is 7.89. The SMILES string of the molecule is Cc1cc(Cl)c([N+](=O)[O-])cc1S(=O)(=O)N1CC(C)CC1C. The number of benzene rings is 1. The first-order valence-corrected chi connectivity index (χ1v) is 8.42. The third kappa shape index (κ3) is 2.90. The Hall–Kier alpha value is -1.18. The Labute approximate surface area is 128 Å². The standard InChI is InChI=1S/C13H17ClN2O4S/c1-8-4-10(3)15(7-8)21(19,20)13-6-12(16(17)18)11(14)5-9(13)2/h5-6,8,10H,4,7H2,1-3H3. The van der Waals surface area contributed by atoms with Gasteiger partial charge in [0, 0.05) is 18.7 Å². The van der Waals surface area contributed by atoms with Gasteiger partial charge in [0.15, 0.2) is 0 Å². The maximum absolute atomic E-state index is 12.8. The summed E-state index contributed by atoms with van der Waals surface area (Å²) in [6, 6.07) is 2.28. The van der Waals surface area contributed by atoms with E-state index < -0.39 is 14.9 Å². The predicted octanol–water partition coefficient (Wildman–Crippen LogP) is 2.98. The van der Waals surface area contributed by atoms with Crippen LogP contribution in [0.3, 0.4) is 0 Å². The summed E-state index contributed by atoms with van der Waals surface area (Å²) < 4.78 is 26.9. The van der Waals surface area contributed by atoms with Crippen LogP contribution in [0.25, 0.3) is 0 Å². The zero-order valence-electron chi connectivity index (χ0n) is 12.0. The van der Waals surface area contributed by atoms with Gasteiger partial charge in [-0.05, 0) is 37.8 Å². The van der Waals surface area contributed by atoms with Crippen molar-refractivity contribution < 1.29 is 13.3 Å². The summed E-state index contributed by atoms with van der Waals surface area (Å²) in [7, 11) is -3.75. The topological polar surface area (TPSA) is 80.5 Å². The Morgan fingerprint density at radius 1 is 1.38 bits per heavy atom. The summed E-state index contributed by atoms with van der Waals surface area (Å²) in [6.45, 7) is 5.86. The first kappa shape index (κ1) is 16.2. The van der Waals surface area contributed by atoms with E-state index in [1.54, 1.807) is 6.92 Å². The van der Waals surface area contributed by atoms with Crippen LogP contribution < -0.4 is 0 Å². The lowest BCUT2D eigenvalue weighted by Gasteiger charge is -2.22. The molecule has 1 aliphatic heterocycles. The summed E-state index contributed by atoms with van der Waals surface area (Å²) in [5, 5.41) is 10.9. The fraction of sp³-hybridized carbons (Fsp3) is 0.538. The smallest absolute Gasteiger partial charge is 0.258 e. The molecule has 6 nitrogen and oxygen atoms in total. The van der Waals surface area contributed by atoms with Crippen LogP contribution in [0.1, 0.15) is 25.8 Å². The Bertz CT molecular complexity index is 690. The van der Waals surface area contributed by atoms with Crippen LogP contribution in [0, 0.1) is 23.0 Å². The van der Waals surface area contributed by atoms with Crippen molar-refractivity contribution >= 4 is 27.3 Å². The minimum Gasteiger partial charge on any atom is -0.258 e. The second-order valence-corrected chi connectivity index (χ2v) is 7.86. The molecule has 0 aliphatic carbocycles. The number of aryl methyl sites for hydroxylation is 1. The number of nitrogens with zero attached hydrogens (tertiary/aromatic N) is 2. The third-order valence-electron chi connectivity index (χ3n) is 3.75. The van der Waals surface area contributed by atoms with Crippen LogP contribution in [0.15, 0.2) is 17.0 Å². The fourth-order valence-corrected chi connectivity index (χ4v) is 5.06. The molecule has 0 aromatic heterocycles. The van der Waals surface area contributed by atoms with Gasteiger partial charge in [0.1, 0.15) is 5.02 Å². The summed E-state index contributed by atoms with van der Waals surface area (Å²) in [4.78, 5) is 10.3. The number of rotatable bonds is 3. The second-order valence-electron chi connectivity index (χ2n) is 5.59. The molecular formula is C13H17ClN2O4S. The van der Waals surface area contributed by atoms with Crippen LogP contribution in [-0.4, -0.2) is 30.2 Å². The number of hydrogen-bond acceptors (Lipinski definition) is 4. The molecule has 116 valence electrons. The van der Waals surface area contributed by atoms with Crippen molar-refractivity contribution in [1.82, 2.24) is 4.31 Å². The molecule has 1 saturated heterocycles. The lowest BCUT2D eigenvalue weighted by Crippen LogP contribution is -2.34. The van der Waals surface area contributed by atoms with E-state index in [0.29, 0.717) is 12.1 Å². The Kier molecular flexibility index (Phi) is 4.28. The highest BCUT2D eigenvalue weighted by Gasteiger charge is 2.37. The van der Waals surface area contributed by atoms with Crippen molar-refractivity contribution in [3.8, 4) is 0 Å². The van der Waals surface area contributed by atoms with Gasteiger partial charge >= 0.3 is 0 Å². The van der Waals surface area contributed by atoms with E-state index in [1.807, 2.05) is 13.8 Å². The van der Waals surface area contributed by atoms with E-state index in [4.69, 9.17) is 11.6 Å². The van der Waals surface area contributed by atoms with Crippen LogP contribution in [-0.2, 0) is 10.0 Å². The van der Waals surface area contributed by atoms with Gasteiger partial charge in [-0.2, -0.15) is 4.31 Å². The van der Waals surface area contributed by atoms with E-state index in [2.05, 4.69) is 0 Å². The zero-order chi connectivity index (χ0) is 15.9. The third-order valence-corrected chi connectivity index (χ3v) is 6.18. The van der Waals surface area contributed by atoms with Crippen molar-refractivity contribution in [3.05, 3.63) is 32.8 Å². The summed E-state index contributed by atoms with van der Waals surface area (Å²) in [5.41, 5.74) is 0.0260. The zero-order valence-corrected chi connectivity index (χ0v) is 13.6. The molecule has 0 N–H and O–H groups in total. The molecule has 0 saturated carbocycles. The number of nitro groups is 1. The van der Waals surface area contributed by atoms with Crippen LogP contribution >= 0.6 is 11.6 Å². The van der Waals surface area contributed by atoms with E-state index in [1.165, 1.54) is 10.4 Å². The molecule has 2 atom stereocenters. The Morgan fingerprint density at radius 3 is 2.48 bits per heavy atom. The Balaban J connectivity index is 2.55. The molecular weight excluding hydrogens is 316 g/mol. The molecule has 0 radical (unpaired) electrons. The minimum absolute atomic E-state index is 0.0421. The van der Waals surface area contributed by atoms with Gasteiger partial charge in [0.25, 0.3) is 5.69 Å². The molecule has 1 fully saturated rings. The van der Waals surface area contributed by atoms with Gasteiger partial charge < -0.3 is 0 Å². The minimum atomic E-state index is -3.75. The van der Waals surface area contributed by atoms with Crippen molar-refractivity contribution in [3.63, 3.8) is 0 Å². The quantitative estimate of drug-likeness (QED) is 0.629. The molecule has 0 spiro atoms. The number of nitro benzene ring substituents is 1. The van der Waals surface area contributed by atoms with Gasteiger partial charge in [-0.3, -0.25) is 10.1 Å². The molecule has 21 heavy (non-hydrogen) atoms. The van der Waals surface area contributed by atoms with Crippen molar-refractivity contribution in [1.29, 1.82) is 0 Å². The summed E-state index contributed by atoms with van der Waals surface area (Å²) in [6.07, 6.45) is 0.786. The predicted molar refractivity (Wildman–Crippen MR) is 80.0 cm³/mol. The summed E-state index contributed by atoms with van der Waals surface area (Å²) in [5.74, 6) is 0.275.